The van der Waals surface area contributed by atoms with Crippen molar-refractivity contribution in [3.8, 4) is 11.6 Å². The Bertz CT molecular complexity index is 851. The number of benzene rings is 1. The van der Waals surface area contributed by atoms with Gasteiger partial charge in [-0.3, -0.25) is 5.10 Å². The van der Waals surface area contributed by atoms with Crippen LogP contribution in [-0.2, 0) is 5.41 Å². The summed E-state index contributed by atoms with van der Waals surface area (Å²) in [6.07, 6.45) is -0.723. The molecule has 4 rings (SSSR count). The van der Waals surface area contributed by atoms with E-state index in [0.29, 0.717) is 5.82 Å². The maximum atomic E-state index is 12.6. The van der Waals surface area contributed by atoms with E-state index in [-0.39, 0.29) is 22.7 Å². The summed E-state index contributed by atoms with van der Waals surface area (Å²) in [5.74, 6) is 0.742. The molecule has 1 saturated carbocycles. The van der Waals surface area contributed by atoms with E-state index in [1.54, 1.807) is 0 Å². The molecule has 0 amide bonds. The van der Waals surface area contributed by atoms with Crippen LogP contribution in [0.1, 0.15) is 41.9 Å². The second kappa shape index (κ2) is 4.97. The summed E-state index contributed by atoms with van der Waals surface area (Å²) in [7, 11) is 0. The minimum Gasteiger partial charge on any atom is -0.332 e. The van der Waals surface area contributed by atoms with Gasteiger partial charge in [-0.2, -0.15) is 10.1 Å². The number of hydrogen-bond donors (Lipinski definition) is 1. The van der Waals surface area contributed by atoms with Gasteiger partial charge in [0.2, 0.25) is 0 Å². The van der Waals surface area contributed by atoms with E-state index in [0.717, 1.165) is 12.8 Å². The first-order chi connectivity index (χ1) is 11.1. The third kappa shape index (κ3) is 2.23. The van der Waals surface area contributed by atoms with Crippen LogP contribution in [0.4, 0.5) is 8.78 Å². The fourth-order valence-corrected chi connectivity index (χ4v) is 2.93. The molecule has 0 spiro atoms. The molecule has 118 valence electrons. The molecule has 0 atom stereocenters. The predicted molar refractivity (Wildman–Crippen MR) is 78.0 cm³/mol. The first-order valence-corrected chi connectivity index (χ1v) is 7.34. The number of alkyl halides is 2. The molecular formula is C16H14F2N4O. The lowest BCUT2D eigenvalue weighted by Crippen LogP contribution is -2.12. The van der Waals surface area contributed by atoms with Crippen LogP contribution in [0.25, 0.3) is 11.6 Å². The van der Waals surface area contributed by atoms with E-state index in [1.165, 1.54) is 17.2 Å². The van der Waals surface area contributed by atoms with Gasteiger partial charge >= 0.3 is 0 Å². The van der Waals surface area contributed by atoms with Crippen molar-refractivity contribution < 1.29 is 13.3 Å². The third-order valence-corrected chi connectivity index (χ3v) is 4.32. The van der Waals surface area contributed by atoms with Gasteiger partial charge in [0.25, 0.3) is 12.3 Å². The summed E-state index contributed by atoms with van der Waals surface area (Å²) in [5, 5.41) is 10.2. The first kappa shape index (κ1) is 14.0. The van der Waals surface area contributed by atoms with Gasteiger partial charge in [0, 0.05) is 0 Å². The molecule has 23 heavy (non-hydrogen) atoms. The zero-order valence-corrected chi connectivity index (χ0v) is 12.4. The summed E-state index contributed by atoms with van der Waals surface area (Å²) in [6.45, 7) is 2.05. The second-order valence-electron chi connectivity index (χ2n) is 5.83. The van der Waals surface area contributed by atoms with Crippen molar-refractivity contribution in [3.63, 3.8) is 0 Å². The van der Waals surface area contributed by atoms with Crippen molar-refractivity contribution in [2.24, 2.45) is 0 Å². The molecule has 1 fully saturated rings. The topological polar surface area (TPSA) is 67.6 Å². The molecule has 0 aliphatic heterocycles. The van der Waals surface area contributed by atoms with E-state index in [2.05, 4.69) is 39.4 Å². The van der Waals surface area contributed by atoms with E-state index in [9.17, 15) is 8.78 Å². The number of nitrogens with zero attached hydrogens (tertiary/aromatic N) is 3. The van der Waals surface area contributed by atoms with Crippen LogP contribution in [0.15, 0.2) is 34.9 Å². The molecule has 3 aromatic rings. The van der Waals surface area contributed by atoms with Crippen LogP contribution >= 0.6 is 0 Å². The van der Waals surface area contributed by atoms with Crippen LogP contribution in [0.3, 0.4) is 0 Å². The van der Waals surface area contributed by atoms with Crippen LogP contribution in [0.5, 0.6) is 0 Å². The summed E-state index contributed by atoms with van der Waals surface area (Å²) in [4.78, 5) is 4.40. The molecule has 5 nitrogen and oxygen atoms in total. The Hall–Kier alpha value is -2.57. The highest BCUT2D eigenvalue weighted by atomic mass is 19.3. The number of aromatic amines is 1. The van der Waals surface area contributed by atoms with Gasteiger partial charge in [-0.05, 0) is 37.0 Å². The largest absolute Gasteiger partial charge is 0.332 e. The van der Waals surface area contributed by atoms with Crippen molar-refractivity contribution in [1.29, 1.82) is 0 Å². The number of hydrogen-bond acceptors (Lipinski definition) is 4. The van der Waals surface area contributed by atoms with Gasteiger partial charge in [-0.25, -0.2) is 8.78 Å². The van der Waals surface area contributed by atoms with Gasteiger partial charge in [-0.15, -0.1) is 0 Å². The maximum Gasteiger partial charge on any atom is 0.279 e. The van der Waals surface area contributed by atoms with Gasteiger partial charge in [0.15, 0.2) is 11.5 Å². The molecule has 0 unspecified atom stereocenters. The van der Waals surface area contributed by atoms with Crippen molar-refractivity contribution in [2.45, 2.75) is 31.6 Å². The Morgan fingerprint density at radius 1 is 1.26 bits per heavy atom. The molecule has 1 N–H and O–H groups in total. The molecule has 1 aliphatic rings. The van der Waals surface area contributed by atoms with Gasteiger partial charge in [0.05, 0.1) is 5.41 Å². The number of H-pyrrole nitrogens is 1. The van der Waals surface area contributed by atoms with Crippen molar-refractivity contribution >= 4 is 0 Å². The normalized spacial score (nSPS) is 16.0. The Morgan fingerprint density at radius 3 is 2.70 bits per heavy atom. The highest BCUT2D eigenvalue weighted by Gasteiger charge is 2.50. The number of nitrogens with one attached hydrogen (secondary N) is 1. The fraction of sp³-hybridized carbons (Fsp3) is 0.312. The number of rotatable bonds is 4. The molecular weight excluding hydrogens is 302 g/mol. The molecule has 0 bridgehead atoms. The van der Waals surface area contributed by atoms with Gasteiger partial charge < -0.3 is 4.52 Å². The first-order valence-electron chi connectivity index (χ1n) is 7.34. The molecule has 0 radical (unpaired) electrons. The smallest absolute Gasteiger partial charge is 0.279 e. The molecule has 7 heteroatoms. The molecule has 1 aliphatic carbocycles. The minimum atomic E-state index is -2.61. The van der Waals surface area contributed by atoms with Crippen LogP contribution in [-0.4, -0.2) is 20.3 Å². The Morgan fingerprint density at radius 2 is 2.04 bits per heavy atom. The zero-order valence-electron chi connectivity index (χ0n) is 12.4. The lowest BCUT2D eigenvalue weighted by Gasteiger charge is -2.13. The molecule has 1 aromatic carbocycles. The van der Waals surface area contributed by atoms with Gasteiger partial charge in [0.1, 0.15) is 5.69 Å². The predicted octanol–water partition coefficient (Wildman–Crippen LogP) is 3.79. The quantitative estimate of drug-likeness (QED) is 0.795. The third-order valence-electron chi connectivity index (χ3n) is 4.32. The maximum absolute atomic E-state index is 12.6. The summed E-state index contributed by atoms with van der Waals surface area (Å²) in [6, 6.07) is 9.34. The Labute approximate surface area is 130 Å². The lowest BCUT2D eigenvalue weighted by atomic mass is 9.91. The number of aromatic nitrogens is 4. The molecule has 0 saturated heterocycles. The van der Waals surface area contributed by atoms with Crippen LogP contribution in [0, 0.1) is 6.92 Å². The van der Waals surface area contributed by atoms with Gasteiger partial charge in [-0.1, -0.05) is 29.4 Å². The van der Waals surface area contributed by atoms with Crippen molar-refractivity contribution in [3.05, 3.63) is 53.0 Å². The SMILES string of the molecule is Cc1ccccc1C1(c2noc(-c3cc(C(F)F)[nH]n3)n2)CC1. The summed E-state index contributed by atoms with van der Waals surface area (Å²) >= 11 is 0. The highest BCUT2D eigenvalue weighted by molar-refractivity contribution is 5.49. The Balaban J connectivity index is 1.69. The van der Waals surface area contributed by atoms with Crippen LogP contribution in [0.2, 0.25) is 0 Å². The van der Waals surface area contributed by atoms with E-state index in [4.69, 9.17) is 4.52 Å². The second-order valence-corrected chi connectivity index (χ2v) is 5.83. The fourth-order valence-electron chi connectivity index (χ4n) is 2.93. The number of aryl methyl sites for hydroxylation is 1. The van der Waals surface area contributed by atoms with E-state index in [1.807, 2.05) is 12.1 Å². The highest BCUT2D eigenvalue weighted by Crippen LogP contribution is 2.53. The monoisotopic (exact) mass is 316 g/mol. The lowest BCUT2D eigenvalue weighted by molar-refractivity contribution is 0.146. The van der Waals surface area contributed by atoms with Crippen molar-refractivity contribution in [1.82, 2.24) is 20.3 Å². The Kier molecular flexibility index (Phi) is 3.04. The van der Waals surface area contributed by atoms with E-state index < -0.39 is 6.43 Å². The van der Waals surface area contributed by atoms with Crippen LogP contribution < -0.4 is 0 Å². The summed E-state index contributed by atoms with van der Waals surface area (Å²) < 4.78 is 30.5. The molecule has 2 heterocycles. The summed E-state index contributed by atoms with van der Waals surface area (Å²) in [5.41, 5.74) is 2.10. The zero-order chi connectivity index (χ0) is 16.0. The number of halogens is 2. The standard InChI is InChI=1S/C16H14F2N4O/c1-9-4-2-3-5-10(9)16(6-7-16)15-19-14(23-22-15)12-8-11(13(17)18)20-21-12/h2-5,8,13H,6-7H2,1H3,(H,20,21). The average Bonchev–Trinajstić information content (AvgIpc) is 3.00. The molecule has 2 aromatic heterocycles. The van der Waals surface area contributed by atoms with E-state index >= 15 is 0 Å². The average molecular weight is 316 g/mol. The van der Waals surface area contributed by atoms with Crippen molar-refractivity contribution in [2.75, 3.05) is 0 Å². The minimum absolute atomic E-state index is 0.156.